The normalized spacial score (nSPS) is 22.2. The lowest BCUT2D eigenvalue weighted by Gasteiger charge is -2.38. The summed E-state index contributed by atoms with van der Waals surface area (Å²) in [5.74, 6) is 0.0346. The molecule has 2 aromatic heterocycles. The fraction of sp³-hybridized carbons (Fsp3) is 0.474. The highest BCUT2D eigenvalue weighted by atomic mass is 16.5. The Morgan fingerprint density at radius 2 is 2.04 bits per heavy atom. The molecule has 1 atom stereocenters. The lowest BCUT2D eigenvalue weighted by Crippen LogP contribution is -2.43. The Balaban J connectivity index is 1.33. The summed E-state index contributed by atoms with van der Waals surface area (Å²) in [6.45, 7) is 2.34. The van der Waals surface area contributed by atoms with Gasteiger partial charge in [-0.1, -0.05) is 6.07 Å². The van der Waals surface area contributed by atoms with Crippen molar-refractivity contribution in [2.24, 2.45) is 5.41 Å². The minimum atomic E-state index is 0.0346. The van der Waals surface area contributed by atoms with E-state index >= 15 is 0 Å². The van der Waals surface area contributed by atoms with Crippen LogP contribution in [0.3, 0.4) is 0 Å². The van der Waals surface area contributed by atoms with Crippen LogP contribution in [0.25, 0.3) is 0 Å². The predicted molar refractivity (Wildman–Crippen MR) is 91.9 cm³/mol. The van der Waals surface area contributed by atoms with Crippen LogP contribution in [-0.2, 0) is 11.2 Å². The Labute approximate surface area is 147 Å². The number of aromatic nitrogens is 3. The molecule has 0 saturated carbocycles. The molecule has 0 bridgehead atoms. The SMILES string of the molecule is O=C(c1ccccn1)N1CCC2(CC1)CO[C@@H](Cc1cncnc1)C2. The molecular formula is C19H22N4O2. The number of carbonyl (C=O) groups is 1. The Morgan fingerprint density at radius 1 is 1.24 bits per heavy atom. The summed E-state index contributed by atoms with van der Waals surface area (Å²) in [4.78, 5) is 26.8. The first kappa shape index (κ1) is 16.1. The van der Waals surface area contributed by atoms with Gasteiger partial charge in [-0.3, -0.25) is 9.78 Å². The van der Waals surface area contributed by atoms with E-state index in [1.165, 1.54) is 0 Å². The van der Waals surface area contributed by atoms with Crippen LogP contribution in [0, 0.1) is 5.41 Å². The maximum Gasteiger partial charge on any atom is 0.272 e. The molecule has 2 aliphatic rings. The van der Waals surface area contributed by atoms with E-state index in [0.29, 0.717) is 5.69 Å². The van der Waals surface area contributed by atoms with Gasteiger partial charge >= 0.3 is 0 Å². The maximum atomic E-state index is 12.5. The van der Waals surface area contributed by atoms with E-state index in [9.17, 15) is 4.79 Å². The molecule has 0 N–H and O–H groups in total. The minimum absolute atomic E-state index is 0.0346. The fourth-order valence-corrected chi connectivity index (χ4v) is 3.91. The third kappa shape index (κ3) is 3.54. The number of amides is 1. The quantitative estimate of drug-likeness (QED) is 0.857. The van der Waals surface area contributed by atoms with Crippen molar-refractivity contribution in [3.63, 3.8) is 0 Å². The lowest BCUT2D eigenvalue weighted by molar-refractivity contribution is 0.0492. The van der Waals surface area contributed by atoms with Gasteiger partial charge in [-0.2, -0.15) is 0 Å². The molecule has 0 radical (unpaired) electrons. The van der Waals surface area contributed by atoms with Crippen LogP contribution in [-0.4, -0.2) is 51.6 Å². The zero-order valence-corrected chi connectivity index (χ0v) is 14.2. The first-order valence-corrected chi connectivity index (χ1v) is 8.80. The van der Waals surface area contributed by atoms with E-state index in [2.05, 4.69) is 15.0 Å². The van der Waals surface area contributed by atoms with Crippen molar-refractivity contribution in [2.75, 3.05) is 19.7 Å². The van der Waals surface area contributed by atoms with Crippen LogP contribution in [0.1, 0.15) is 35.3 Å². The Kier molecular flexibility index (Phi) is 4.44. The van der Waals surface area contributed by atoms with Gasteiger partial charge in [0.2, 0.25) is 0 Å². The average Bonchev–Trinajstić information content (AvgIpc) is 3.05. The standard InChI is InChI=1S/C19H22N4O2/c24-18(17-3-1-2-6-22-17)23-7-4-19(5-8-23)10-16(25-13-19)9-15-11-20-14-21-12-15/h1-3,6,11-12,14,16H,4-5,7-10,13H2/t16-/m0/s1. The van der Waals surface area contributed by atoms with Crippen molar-refractivity contribution in [1.82, 2.24) is 19.9 Å². The van der Waals surface area contributed by atoms with Crippen molar-refractivity contribution < 1.29 is 9.53 Å². The van der Waals surface area contributed by atoms with Crippen LogP contribution in [0.2, 0.25) is 0 Å². The van der Waals surface area contributed by atoms with Crippen LogP contribution >= 0.6 is 0 Å². The van der Waals surface area contributed by atoms with Crippen LogP contribution in [0.4, 0.5) is 0 Å². The van der Waals surface area contributed by atoms with Crippen molar-refractivity contribution in [3.8, 4) is 0 Å². The van der Waals surface area contributed by atoms with E-state index < -0.39 is 0 Å². The number of rotatable bonds is 3. The molecule has 2 saturated heterocycles. The molecule has 1 amide bonds. The predicted octanol–water partition coefficient (Wildman–Crippen LogP) is 2.13. The average molecular weight is 338 g/mol. The Hall–Kier alpha value is -2.34. The summed E-state index contributed by atoms with van der Waals surface area (Å²) >= 11 is 0. The summed E-state index contributed by atoms with van der Waals surface area (Å²) in [7, 11) is 0. The van der Waals surface area contributed by atoms with Gasteiger partial charge in [0, 0.05) is 38.1 Å². The van der Waals surface area contributed by atoms with E-state index in [-0.39, 0.29) is 17.4 Å². The van der Waals surface area contributed by atoms with Crippen molar-refractivity contribution >= 4 is 5.91 Å². The molecule has 6 heteroatoms. The van der Waals surface area contributed by atoms with Gasteiger partial charge < -0.3 is 9.64 Å². The Bertz CT molecular complexity index is 715. The van der Waals surface area contributed by atoms with Crippen LogP contribution < -0.4 is 0 Å². The van der Waals surface area contributed by atoms with Gasteiger partial charge in [-0.05, 0) is 42.4 Å². The van der Waals surface area contributed by atoms with Gasteiger partial charge in [0.25, 0.3) is 5.91 Å². The van der Waals surface area contributed by atoms with Gasteiger partial charge in [0.1, 0.15) is 12.0 Å². The summed E-state index contributed by atoms with van der Waals surface area (Å²) in [5, 5.41) is 0. The third-order valence-electron chi connectivity index (χ3n) is 5.36. The number of hydrogen-bond donors (Lipinski definition) is 0. The number of likely N-dealkylation sites (tertiary alicyclic amines) is 1. The topological polar surface area (TPSA) is 68.2 Å². The van der Waals surface area contributed by atoms with E-state index in [1.807, 2.05) is 29.4 Å². The zero-order chi connectivity index (χ0) is 17.1. The molecular weight excluding hydrogens is 316 g/mol. The largest absolute Gasteiger partial charge is 0.377 e. The number of carbonyl (C=O) groups excluding carboxylic acids is 1. The monoisotopic (exact) mass is 338 g/mol. The molecule has 4 rings (SSSR count). The fourth-order valence-electron chi connectivity index (χ4n) is 3.91. The number of piperidine rings is 1. The van der Waals surface area contributed by atoms with Crippen LogP contribution in [0.15, 0.2) is 43.1 Å². The second kappa shape index (κ2) is 6.88. The number of pyridine rings is 1. The molecule has 25 heavy (non-hydrogen) atoms. The highest BCUT2D eigenvalue weighted by Crippen LogP contribution is 2.42. The highest BCUT2D eigenvalue weighted by Gasteiger charge is 2.43. The number of hydrogen-bond acceptors (Lipinski definition) is 5. The first-order chi connectivity index (χ1) is 12.2. The van der Waals surface area contributed by atoms with E-state index in [1.54, 1.807) is 18.6 Å². The summed E-state index contributed by atoms with van der Waals surface area (Å²) in [6, 6.07) is 5.47. The van der Waals surface area contributed by atoms with Gasteiger partial charge in [-0.25, -0.2) is 9.97 Å². The second-order valence-corrected chi connectivity index (χ2v) is 7.10. The highest BCUT2D eigenvalue weighted by molar-refractivity contribution is 5.92. The summed E-state index contributed by atoms with van der Waals surface area (Å²) < 4.78 is 6.06. The van der Waals surface area contributed by atoms with Crippen molar-refractivity contribution in [2.45, 2.75) is 31.8 Å². The van der Waals surface area contributed by atoms with Crippen molar-refractivity contribution in [3.05, 3.63) is 54.4 Å². The number of ether oxygens (including phenoxy) is 1. The molecule has 0 unspecified atom stereocenters. The molecule has 2 fully saturated rings. The molecule has 6 nitrogen and oxygen atoms in total. The van der Waals surface area contributed by atoms with Gasteiger partial charge in [0.15, 0.2) is 0 Å². The maximum absolute atomic E-state index is 12.5. The molecule has 0 aromatic carbocycles. The van der Waals surface area contributed by atoms with E-state index in [0.717, 1.165) is 50.9 Å². The molecule has 4 heterocycles. The minimum Gasteiger partial charge on any atom is -0.377 e. The van der Waals surface area contributed by atoms with Gasteiger partial charge in [0.05, 0.1) is 12.7 Å². The smallest absolute Gasteiger partial charge is 0.272 e. The molecule has 1 spiro atoms. The zero-order valence-electron chi connectivity index (χ0n) is 14.2. The van der Waals surface area contributed by atoms with Crippen molar-refractivity contribution in [1.29, 1.82) is 0 Å². The second-order valence-electron chi connectivity index (χ2n) is 7.10. The number of nitrogens with zero attached hydrogens (tertiary/aromatic N) is 4. The third-order valence-corrected chi connectivity index (χ3v) is 5.36. The lowest BCUT2D eigenvalue weighted by atomic mass is 9.76. The molecule has 130 valence electrons. The Morgan fingerprint density at radius 3 is 2.76 bits per heavy atom. The van der Waals surface area contributed by atoms with E-state index in [4.69, 9.17) is 4.74 Å². The molecule has 2 aromatic rings. The van der Waals surface area contributed by atoms with Gasteiger partial charge in [-0.15, -0.1) is 0 Å². The molecule has 0 aliphatic carbocycles. The summed E-state index contributed by atoms with van der Waals surface area (Å²) in [5.41, 5.74) is 1.86. The van der Waals surface area contributed by atoms with Crippen LogP contribution in [0.5, 0.6) is 0 Å². The summed E-state index contributed by atoms with van der Waals surface area (Å²) in [6.07, 6.45) is 11.1. The molecule has 2 aliphatic heterocycles. The first-order valence-electron chi connectivity index (χ1n) is 8.80.